The van der Waals surface area contributed by atoms with Gasteiger partial charge in [-0.25, -0.2) is 13.2 Å². The van der Waals surface area contributed by atoms with E-state index in [0.29, 0.717) is 0 Å². The SMILES string of the molecule is N#Cc1ccccc1S(=O)(=O)N1CCC(N2CC(=O)N(CC(F)(F)F)C2=O)CC1. The third-order valence-corrected chi connectivity index (χ3v) is 6.87. The Hall–Kier alpha value is -2.65. The highest BCUT2D eigenvalue weighted by atomic mass is 32.2. The van der Waals surface area contributed by atoms with E-state index >= 15 is 0 Å². The van der Waals surface area contributed by atoms with Crippen molar-refractivity contribution in [2.45, 2.75) is 30.0 Å². The predicted molar refractivity (Wildman–Crippen MR) is 92.8 cm³/mol. The number of piperidine rings is 1. The van der Waals surface area contributed by atoms with Crippen LogP contribution in [0.3, 0.4) is 0 Å². The van der Waals surface area contributed by atoms with Crippen LogP contribution in [0.4, 0.5) is 18.0 Å². The lowest BCUT2D eigenvalue weighted by Gasteiger charge is -2.35. The molecule has 8 nitrogen and oxygen atoms in total. The van der Waals surface area contributed by atoms with E-state index in [0.717, 1.165) is 4.90 Å². The summed E-state index contributed by atoms with van der Waals surface area (Å²) in [4.78, 5) is 25.2. The molecule has 2 heterocycles. The highest BCUT2D eigenvalue weighted by molar-refractivity contribution is 7.89. The van der Waals surface area contributed by atoms with Crippen LogP contribution in [-0.4, -0.2) is 72.9 Å². The van der Waals surface area contributed by atoms with Gasteiger partial charge in [0.1, 0.15) is 19.2 Å². The molecule has 0 atom stereocenters. The summed E-state index contributed by atoms with van der Waals surface area (Å²) in [5.41, 5.74) is 0.0118. The van der Waals surface area contributed by atoms with E-state index in [2.05, 4.69) is 0 Å². The number of alkyl halides is 3. The average Bonchev–Trinajstić information content (AvgIpc) is 2.95. The average molecular weight is 430 g/mol. The van der Waals surface area contributed by atoms with Crippen LogP contribution in [0.1, 0.15) is 18.4 Å². The van der Waals surface area contributed by atoms with Crippen molar-refractivity contribution in [2.24, 2.45) is 0 Å². The number of rotatable bonds is 4. The minimum Gasteiger partial charge on any atom is -0.312 e. The van der Waals surface area contributed by atoms with Gasteiger partial charge >= 0.3 is 12.2 Å². The minimum absolute atomic E-state index is 0.0118. The van der Waals surface area contributed by atoms with Crippen molar-refractivity contribution in [2.75, 3.05) is 26.2 Å². The zero-order valence-corrected chi connectivity index (χ0v) is 15.9. The first-order chi connectivity index (χ1) is 13.5. The van der Waals surface area contributed by atoms with Crippen LogP contribution in [0, 0.1) is 11.3 Å². The Morgan fingerprint density at radius 1 is 1.14 bits per heavy atom. The fourth-order valence-corrected chi connectivity index (χ4v) is 5.11. The van der Waals surface area contributed by atoms with Gasteiger partial charge in [-0.05, 0) is 25.0 Å². The Morgan fingerprint density at radius 3 is 2.34 bits per heavy atom. The monoisotopic (exact) mass is 430 g/mol. The number of carbonyl (C=O) groups excluding carboxylic acids is 2. The van der Waals surface area contributed by atoms with Gasteiger partial charge in [-0.15, -0.1) is 0 Å². The molecule has 156 valence electrons. The third-order valence-electron chi connectivity index (χ3n) is 4.91. The summed E-state index contributed by atoms with van der Waals surface area (Å²) in [5.74, 6) is -0.926. The van der Waals surface area contributed by atoms with Crippen molar-refractivity contribution >= 4 is 22.0 Å². The molecule has 0 bridgehead atoms. The summed E-state index contributed by atoms with van der Waals surface area (Å²) in [6.07, 6.45) is -4.34. The zero-order chi connectivity index (χ0) is 21.4. The molecule has 0 saturated carbocycles. The first-order valence-electron chi connectivity index (χ1n) is 8.71. The second-order valence-electron chi connectivity index (χ2n) is 6.75. The van der Waals surface area contributed by atoms with E-state index in [-0.39, 0.29) is 41.3 Å². The van der Waals surface area contributed by atoms with Crippen molar-refractivity contribution in [1.29, 1.82) is 5.26 Å². The molecule has 0 aliphatic carbocycles. The number of hydrogen-bond acceptors (Lipinski definition) is 5. The lowest BCUT2D eigenvalue weighted by atomic mass is 10.1. The molecule has 1 aromatic carbocycles. The molecule has 0 spiro atoms. The molecule has 0 radical (unpaired) electrons. The number of benzene rings is 1. The maximum atomic E-state index is 12.8. The van der Waals surface area contributed by atoms with E-state index < -0.39 is 47.3 Å². The van der Waals surface area contributed by atoms with Gasteiger partial charge in [0.15, 0.2) is 0 Å². The maximum absolute atomic E-state index is 12.8. The summed E-state index contributed by atoms with van der Waals surface area (Å²) in [6, 6.07) is 6.06. The summed E-state index contributed by atoms with van der Waals surface area (Å²) < 4.78 is 64.5. The molecular weight excluding hydrogens is 413 g/mol. The van der Waals surface area contributed by atoms with Gasteiger partial charge in [0.05, 0.1) is 10.5 Å². The number of hydrogen-bond donors (Lipinski definition) is 0. The van der Waals surface area contributed by atoms with Crippen LogP contribution in [-0.2, 0) is 14.8 Å². The highest BCUT2D eigenvalue weighted by Crippen LogP contribution is 2.28. The number of carbonyl (C=O) groups is 2. The zero-order valence-electron chi connectivity index (χ0n) is 15.1. The second kappa shape index (κ2) is 7.64. The van der Waals surface area contributed by atoms with Gasteiger partial charge in [-0.1, -0.05) is 12.1 Å². The van der Waals surface area contributed by atoms with Gasteiger partial charge in [0.25, 0.3) is 5.91 Å². The maximum Gasteiger partial charge on any atom is 0.406 e. The van der Waals surface area contributed by atoms with Gasteiger partial charge < -0.3 is 4.90 Å². The molecule has 0 unspecified atom stereocenters. The molecule has 2 fully saturated rings. The Morgan fingerprint density at radius 2 is 1.76 bits per heavy atom. The first-order valence-corrected chi connectivity index (χ1v) is 10.2. The fraction of sp³-hybridized carbons (Fsp3) is 0.471. The van der Waals surface area contributed by atoms with Gasteiger partial charge in [-0.3, -0.25) is 9.69 Å². The number of nitriles is 1. The van der Waals surface area contributed by atoms with Crippen LogP contribution < -0.4 is 0 Å². The topological polar surface area (TPSA) is 102 Å². The Labute approximate surface area is 165 Å². The third kappa shape index (κ3) is 4.20. The predicted octanol–water partition coefficient (Wildman–Crippen LogP) is 1.54. The fourth-order valence-electron chi connectivity index (χ4n) is 3.50. The molecule has 1 aromatic rings. The number of amides is 3. The van der Waals surface area contributed by atoms with Crippen LogP contribution in [0.15, 0.2) is 29.2 Å². The van der Waals surface area contributed by atoms with Crippen molar-refractivity contribution in [1.82, 2.24) is 14.1 Å². The molecule has 2 aliphatic heterocycles. The summed E-state index contributed by atoms with van der Waals surface area (Å²) in [7, 11) is -3.93. The van der Waals surface area contributed by atoms with Gasteiger partial charge in [0, 0.05) is 19.1 Å². The number of sulfonamides is 1. The summed E-state index contributed by atoms with van der Waals surface area (Å²) in [5, 5.41) is 9.13. The number of imide groups is 1. The molecule has 12 heteroatoms. The standard InChI is InChI=1S/C17H17F3N4O4S/c18-17(19,20)11-24-15(25)10-23(16(24)26)13-5-7-22(8-6-13)29(27,28)14-4-2-1-3-12(14)9-21/h1-4,13H,5-8,10-11H2. The number of nitrogens with zero attached hydrogens (tertiary/aromatic N) is 4. The largest absolute Gasteiger partial charge is 0.406 e. The van der Waals surface area contributed by atoms with Crippen molar-refractivity contribution in [3.05, 3.63) is 29.8 Å². The number of urea groups is 1. The lowest BCUT2D eigenvalue weighted by molar-refractivity contribution is -0.151. The van der Waals surface area contributed by atoms with E-state index in [1.165, 1.54) is 22.5 Å². The quantitative estimate of drug-likeness (QED) is 0.675. The summed E-state index contributed by atoms with van der Waals surface area (Å²) in [6.45, 7) is -2.06. The molecule has 0 aromatic heterocycles. The van der Waals surface area contributed by atoms with Crippen LogP contribution in [0.25, 0.3) is 0 Å². The molecule has 29 heavy (non-hydrogen) atoms. The first kappa shape index (κ1) is 21.1. The van der Waals surface area contributed by atoms with Gasteiger partial charge in [0.2, 0.25) is 10.0 Å². The van der Waals surface area contributed by atoms with E-state index in [4.69, 9.17) is 5.26 Å². The Bertz CT molecular complexity index is 966. The molecule has 3 amide bonds. The summed E-state index contributed by atoms with van der Waals surface area (Å²) >= 11 is 0. The van der Waals surface area contributed by atoms with Crippen molar-refractivity contribution in [3.8, 4) is 6.07 Å². The Kier molecular flexibility index (Phi) is 5.55. The highest BCUT2D eigenvalue weighted by Gasteiger charge is 2.46. The number of halogens is 3. The smallest absolute Gasteiger partial charge is 0.312 e. The second-order valence-corrected chi connectivity index (χ2v) is 8.66. The molecule has 2 aliphatic rings. The van der Waals surface area contributed by atoms with Crippen molar-refractivity contribution < 1.29 is 31.2 Å². The van der Waals surface area contributed by atoms with E-state index in [9.17, 15) is 31.2 Å². The molecule has 0 N–H and O–H groups in total. The molecule has 2 saturated heterocycles. The normalized spacial score (nSPS) is 19.7. The van der Waals surface area contributed by atoms with Crippen LogP contribution in [0.2, 0.25) is 0 Å². The van der Waals surface area contributed by atoms with Crippen LogP contribution in [0.5, 0.6) is 0 Å². The van der Waals surface area contributed by atoms with E-state index in [1.807, 2.05) is 6.07 Å². The van der Waals surface area contributed by atoms with E-state index in [1.54, 1.807) is 6.07 Å². The van der Waals surface area contributed by atoms with Crippen LogP contribution >= 0.6 is 0 Å². The Balaban J connectivity index is 1.69. The molecular formula is C17H17F3N4O4S. The minimum atomic E-state index is -4.69. The molecule has 3 rings (SSSR count). The van der Waals surface area contributed by atoms with Gasteiger partial charge in [-0.2, -0.15) is 22.7 Å². The lowest BCUT2D eigenvalue weighted by Crippen LogP contribution is -2.48. The van der Waals surface area contributed by atoms with Crippen molar-refractivity contribution in [3.63, 3.8) is 0 Å².